The monoisotopic (exact) mass is 219 g/mol. The van der Waals surface area contributed by atoms with Crippen LogP contribution in [0.15, 0.2) is 30.3 Å². The second-order valence-electron chi connectivity index (χ2n) is 4.51. The quantitative estimate of drug-likeness (QED) is 0.595. The molecule has 0 spiro atoms. The van der Waals surface area contributed by atoms with E-state index < -0.39 is 0 Å². The summed E-state index contributed by atoms with van der Waals surface area (Å²) in [6.07, 6.45) is 3.91. The SMILES string of the molecule is NNC[C@H]1CCCCN1Cc1ccccc1. The van der Waals surface area contributed by atoms with Gasteiger partial charge in [0.05, 0.1) is 0 Å². The zero-order valence-corrected chi connectivity index (χ0v) is 9.73. The molecule has 3 N–H and O–H groups in total. The minimum atomic E-state index is 0.596. The molecule has 0 amide bonds. The average Bonchev–Trinajstić information content (AvgIpc) is 2.33. The molecule has 1 atom stereocenters. The predicted molar refractivity (Wildman–Crippen MR) is 66.7 cm³/mol. The highest BCUT2D eigenvalue weighted by Crippen LogP contribution is 2.18. The summed E-state index contributed by atoms with van der Waals surface area (Å²) in [6.45, 7) is 3.14. The van der Waals surface area contributed by atoms with Crippen LogP contribution in [0.25, 0.3) is 0 Å². The first-order chi connectivity index (χ1) is 7.90. The summed E-state index contributed by atoms with van der Waals surface area (Å²) in [7, 11) is 0. The van der Waals surface area contributed by atoms with Crippen LogP contribution < -0.4 is 11.3 Å². The molecule has 2 rings (SSSR count). The maximum Gasteiger partial charge on any atom is 0.0254 e. The Hall–Kier alpha value is -0.900. The first-order valence-electron chi connectivity index (χ1n) is 6.11. The normalized spacial score (nSPS) is 22.2. The third-order valence-corrected chi connectivity index (χ3v) is 3.33. The van der Waals surface area contributed by atoms with Gasteiger partial charge in [0.15, 0.2) is 0 Å². The summed E-state index contributed by atoms with van der Waals surface area (Å²) in [4.78, 5) is 2.54. The van der Waals surface area contributed by atoms with E-state index in [-0.39, 0.29) is 0 Å². The van der Waals surface area contributed by atoms with E-state index in [1.165, 1.54) is 31.4 Å². The molecule has 0 unspecified atom stereocenters. The molecule has 0 saturated carbocycles. The summed E-state index contributed by atoms with van der Waals surface area (Å²) in [5.41, 5.74) is 4.21. The van der Waals surface area contributed by atoms with Crippen molar-refractivity contribution in [1.29, 1.82) is 0 Å². The summed E-state index contributed by atoms with van der Waals surface area (Å²) < 4.78 is 0. The molecule has 1 fully saturated rings. The number of hydrazine groups is 1. The largest absolute Gasteiger partial charge is 0.295 e. The Balaban J connectivity index is 1.96. The third kappa shape index (κ3) is 3.04. The van der Waals surface area contributed by atoms with Crippen LogP contribution in [0.3, 0.4) is 0 Å². The Morgan fingerprint density at radius 2 is 2.06 bits per heavy atom. The van der Waals surface area contributed by atoms with Gasteiger partial charge in [0, 0.05) is 19.1 Å². The van der Waals surface area contributed by atoms with Gasteiger partial charge in [-0.25, -0.2) is 0 Å². The molecule has 3 nitrogen and oxygen atoms in total. The number of nitrogens with zero attached hydrogens (tertiary/aromatic N) is 1. The van der Waals surface area contributed by atoms with Gasteiger partial charge >= 0.3 is 0 Å². The van der Waals surface area contributed by atoms with Crippen molar-refractivity contribution >= 4 is 0 Å². The molecule has 88 valence electrons. The molecule has 1 heterocycles. The maximum atomic E-state index is 5.44. The van der Waals surface area contributed by atoms with E-state index in [1.807, 2.05) is 0 Å². The van der Waals surface area contributed by atoms with Gasteiger partial charge in [-0.3, -0.25) is 16.2 Å². The fourth-order valence-corrected chi connectivity index (χ4v) is 2.45. The van der Waals surface area contributed by atoms with Crippen LogP contribution in [0, 0.1) is 0 Å². The molecule has 16 heavy (non-hydrogen) atoms. The van der Waals surface area contributed by atoms with Crippen molar-refractivity contribution < 1.29 is 0 Å². The number of piperidine rings is 1. The number of nitrogens with two attached hydrogens (primary N) is 1. The van der Waals surface area contributed by atoms with Crippen LogP contribution in [-0.4, -0.2) is 24.0 Å². The zero-order valence-electron chi connectivity index (χ0n) is 9.73. The lowest BCUT2D eigenvalue weighted by Gasteiger charge is -2.35. The van der Waals surface area contributed by atoms with Gasteiger partial charge in [-0.05, 0) is 24.9 Å². The van der Waals surface area contributed by atoms with Gasteiger partial charge in [0.2, 0.25) is 0 Å². The van der Waals surface area contributed by atoms with Crippen LogP contribution in [0.1, 0.15) is 24.8 Å². The Morgan fingerprint density at radius 1 is 1.25 bits per heavy atom. The maximum absolute atomic E-state index is 5.44. The van der Waals surface area contributed by atoms with Crippen LogP contribution in [-0.2, 0) is 6.54 Å². The number of benzene rings is 1. The van der Waals surface area contributed by atoms with E-state index >= 15 is 0 Å². The molecule has 3 heteroatoms. The van der Waals surface area contributed by atoms with Crippen LogP contribution in [0.5, 0.6) is 0 Å². The molecule has 1 aliphatic rings. The lowest BCUT2D eigenvalue weighted by atomic mass is 10.0. The van der Waals surface area contributed by atoms with Crippen molar-refractivity contribution in [3.63, 3.8) is 0 Å². The lowest BCUT2D eigenvalue weighted by Crippen LogP contribution is -2.46. The van der Waals surface area contributed by atoms with E-state index in [9.17, 15) is 0 Å². The smallest absolute Gasteiger partial charge is 0.0254 e. The lowest BCUT2D eigenvalue weighted by molar-refractivity contribution is 0.138. The molecule has 0 aliphatic carbocycles. The molecule has 1 aromatic carbocycles. The second kappa shape index (κ2) is 5.99. The molecule has 1 saturated heterocycles. The van der Waals surface area contributed by atoms with Crippen molar-refractivity contribution in [2.75, 3.05) is 13.1 Å². The molecular weight excluding hydrogens is 198 g/mol. The second-order valence-corrected chi connectivity index (χ2v) is 4.51. The van der Waals surface area contributed by atoms with Gasteiger partial charge in [-0.1, -0.05) is 36.8 Å². The highest BCUT2D eigenvalue weighted by molar-refractivity contribution is 5.14. The fourth-order valence-electron chi connectivity index (χ4n) is 2.45. The number of likely N-dealkylation sites (tertiary alicyclic amines) is 1. The highest BCUT2D eigenvalue weighted by atomic mass is 15.3. The van der Waals surface area contributed by atoms with Crippen molar-refractivity contribution in [2.24, 2.45) is 5.84 Å². The molecule has 0 radical (unpaired) electrons. The van der Waals surface area contributed by atoms with E-state index in [1.54, 1.807) is 0 Å². The first-order valence-corrected chi connectivity index (χ1v) is 6.11. The zero-order chi connectivity index (χ0) is 11.2. The third-order valence-electron chi connectivity index (χ3n) is 3.33. The van der Waals surface area contributed by atoms with Gasteiger partial charge < -0.3 is 0 Å². The molecule has 0 bridgehead atoms. The van der Waals surface area contributed by atoms with Gasteiger partial charge in [-0.15, -0.1) is 0 Å². The summed E-state index contributed by atoms with van der Waals surface area (Å²) in [5, 5.41) is 0. The number of hydrogen-bond acceptors (Lipinski definition) is 3. The summed E-state index contributed by atoms with van der Waals surface area (Å²) in [5.74, 6) is 5.44. The average molecular weight is 219 g/mol. The molecule has 1 aliphatic heterocycles. The standard InChI is InChI=1S/C13H21N3/c14-15-10-13-8-4-5-9-16(13)11-12-6-2-1-3-7-12/h1-3,6-7,13,15H,4-5,8-11,14H2/t13-/m1/s1. The van der Waals surface area contributed by atoms with Crippen molar-refractivity contribution in [3.8, 4) is 0 Å². The number of nitrogens with one attached hydrogen (secondary N) is 1. The first kappa shape index (κ1) is 11.6. The molecule has 0 aromatic heterocycles. The Morgan fingerprint density at radius 3 is 2.81 bits per heavy atom. The van der Waals surface area contributed by atoms with E-state index in [0.717, 1.165) is 13.1 Å². The predicted octanol–water partition coefficient (Wildman–Crippen LogP) is 1.50. The topological polar surface area (TPSA) is 41.3 Å². The fraction of sp³-hybridized carbons (Fsp3) is 0.538. The van der Waals surface area contributed by atoms with Crippen LogP contribution in [0.4, 0.5) is 0 Å². The Bertz CT molecular complexity index is 297. The van der Waals surface area contributed by atoms with Crippen molar-refractivity contribution in [1.82, 2.24) is 10.3 Å². The van der Waals surface area contributed by atoms with Gasteiger partial charge in [0.25, 0.3) is 0 Å². The van der Waals surface area contributed by atoms with Gasteiger partial charge in [-0.2, -0.15) is 0 Å². The van der Waals surface area contributed by atoms with Crippen molar-refractivity contribution in [2.45, 2.75) is 31.8 Å². The highest BCUT2D eigenvalue weighted by Gasteiger charge is 2.21. The van der Waals surface area contributed by atoms with Crippen molar-refractivity contribution in [3.05, 3.63) is 35.9 Å². The van der Waals surface area contributed by atoms with Gasteiger partial charge in [0.1, 0.15) is 0 Å². The van der Waals surface area contributed by atoms with E-state index in [0.29, 0.717) is 6.04 Å². The Kier molecular flexibility index (Phi) is 4.34. The molecule has 1 aromatic rings. The summed E-state index contributed by atoms with van der Waals surface area (Å²) in [6, 6.07) is 11.3. The molecular formula is C13H21N3. The van der Waals surface area contributed by atoms with Crippen LogP contribution in [0.2, 0.25) is 0 Å². The number of rotatable bonds is 4. The minimum absolute atomic E-state index is 0.596. The van der Waals surface area contributed by atoms with E-state index in [2.05, 4.69) is 40.7 Å². The summed E-state index contributed by atoms with van der Waals surface area (Å²) >= 11 is 0. The Labute approximate surface area is 97.6 Å². The minimum Gasteiger partial charge on any atom is -0.295 e. The van der Waals surface area contributed by atoms with Crippen LogP contribution >= 0.6 is 0 Å². The number of hydrogen-bond donors (Lipinski definition) is 2. The van der Waals surface area contributed by atoms with E-state index in [4.69, 9.17) is 5.84 Å².